The molecule has 1 atom stereocenters. The van der Waals surface area contributed by atoms with Crippen LogP contribution in [0.5, 0.6) is 0 Å². The van der Waals surface area contributed by atoms with Crippen molar-refractivity contribution in [2.45, 2.75) is 33.2 Å². The maximum atomic E-state index is 4.66. The molecule has 0 amide bonds. The van der Waals surface area contributed by atoms with Crippen molar-refractivity contribution in [1.82, 2.24) is 10.3 Å². The van der Waals surface area contributed by atoms with E-state index in [0.29, 0.717) is 0 Å². The van der Waals surface area contributed by atoms with Crippen molar-refractivity contribution in [3.63, 3.8) is 0 Å². The SMILES string of the molecule is CCCNC(c1cccc(C)n1)c1ccc(C)s1. The van der Waals surface area contributed by atoms with E-state index in [-0.39, 0.29) is 6.04 Å². The Hall–Kier alpha value is -1.19. The van der Waals surface area contributed by atoms with Gasteiger partial charge in [-0.3, -0.25) is 4.98 Å². The Morgan fingerprint density at radius 2 is 2.06 bits per heavy atom. The van der Waals surface area contributed by atoms with E-state index in [2.05, 4.69) is 48.4 Å². The molecule has 0 saturated heterocycles. The normalized spacial score (nSPS) is 12.6. The van der Waals surface area contributed by atoms with Gasteiger partial charge in [0.25, 0.3) is 0 Å². The van der Waals surface area contributed by atoms with Gasteiger partial charge in [0.05, 0.1) is 11.7 Å². The number of hydrogen-bond acceptors (Lipinski definition) is 3. The Kier molecular flexibility index (Phi) is 4.50. The lowest BCUT2D eigenvalue weighted by Crippen LogP contribution is -2.23. The Morgan fingerprint density at radius 1 is 1.22 bits per heavy atom. The first kappa shape index (κ1) is 13.2. The molecule has 3 heteroatoms. The molecular weight excluding hydrogens is 240 g/mol. The zero-order chi connectivity index (χ0) is 13.0. The Bertz CT molecular complexity index is 505. The van der Waals surface area contributed by atoms with Gasteiger partial charge in [0, 0.05) is 15.4 Å². The maximum Gasteiger partial charge on any atom is 0.0845 e. The van der Waals surface area contributed by atoms with Gasteiger partial charge >= 0.3 is 0 Å². The number of aromatic nitrogens is 1. The average Bonchev–Trinajstić information content (AvgIpc) is 2.76. The molecule has 0 saturated carbocycles. The lowest BCUT2D eigenvalue weighted by molar-refractivity contribution is 0.592. The van der Waals surface area contributed by atoms with Crippen LogP contribution in [0.4, 0.5) is 0 Å². The molecule has 2 rings (SSSR count). The second-order valence-corrected chi connectivity index (χ2v) is 5.86. The highest BCUT2D eigenvalue weighted by Gasteiger charge is 2.16. The highest BCUT2D eigenvalue weighted by Crippen LogP contribution is 2.27. The van der Waals surface area contributed by atoms with E-state index in [9.17, 15) is 0 Å². The summed E-state index contributed by atoms with van der Waals surface area (Å²) in [5, 5.41) is 3.59. The predicted octanol–water partition coefficient (Wildman–Crippen LogP) is 3.85. The minimum absolute atomic E-state index is 0.226. The number of pyridine rings is 1. The topological polar surface area (TPSA) is 24.9 Å². The van der Waals surface area contributed by atoms with Crippen LogP contribution >= 0.6 is 11.3 Å². The van der Waals surface area contributed by atoms with Gasteiger partial charge in [-0.05, 0) is 51.1 Å². The first-order valence-corrected chi connectivity index (χ1v) is 7.25. The highest BCUT2D eigenvalue weighted by molar-refractivity contribution is 7.12. The molecule has 0 radical (unpaired) electrons. The first-order valence-electron chi connectivity index (χ1n) is 6.44. The Morgan fingerprint density at radius 3 is 2.67 bits per heavy atom. The molecule has 2 aromatic heterocycles. The third-order valence-corrected chi connectivity index (χ3v) is 3.92. The summed E-state index contributed by atoms with van der Waals surface area (Å²) in [7, 11) is 0. The minimum Gasteiger partial charge on any atom is -0.304 e. The van der Waals surface area contributed by atoms with E-state index >= 15 is 0 Å². The molecule has 96 valence electrons. The first-order chi connectivity index (χ1) is 8.70. The van der Waals surface area contributed by atoms with Gasteiger partial charge in [-0.2, -0.15) is 0 Å². The smallest absolute Gasteiger partial charge is 0.0845 e. The Balaban J connectivity index is 2.30. The molecule has 0 bridgehead atoms. The van der Waals surface area contributed by atoms with Crippen LogP contribution in [0.3, 0.4) is 0 Å². The third-order valence-electron chi connectivity index (χ3n) is 2.85. The van der Waals surface area contributed by atoms with Gasteiger partial charge in [0.1, 0.15) is 0 Å². The van der Waals surface area contributed by atoms with E-state index in [1.165, 1.54) is 9.75 Å². The molecule has 0 aromatic carbocycles. The van der Waals surface area contributed by atoms with Crippen LogP contribution in [0, 0.1) is 13.8 Å². The van der Waals surface area contributed by atoms with Crippen LogP contribution in [0.1, 0.15) is 40.5 Å². The quantitative estimate of drug-likeness (QED) is 0.883. The van der Waals surface area contributed by atoms with E-state index in [0.717, 1.165) is 24.4 Å². The summed E-state index contributed by atoms with van der Waals surface area (Å²) in [4.78, 5) is 7.35. The van der Waals surface area contributed by atoms with Crippen molar-refractivity contribution in [2.24, 2.45) is 0 Å². The van der Waals surface area contributed by atoms with Gasteiger partial charge in [0.15, 0.2) is 0 Å². The largest absolute Gasteiger partial charge is 0.304 e. The molecule has 18 heavy (non-hydrogen) atoms. The molecule has 0 fully saturated rings. The monoisotopic (exact) mass is 260 g/mol. The van der Waals surface area contributed by atoms with Gasteiger partial charge in [0.2, 0.25) is 0 Å². The summed E-state index contributed by atoms with van der Waals surface area (Å²) in [6.45, 7) is 7.39. The fourth-order valence-electron chi connectivity index (χ4n) is 1.97. The standard InChI is InChI=1S/C15H20N2S/c1-4-10-16-15(14-9-8-12(3)18-14)13-7-5-6-11(2)17-13/h5-9,15-16H,4,10H2,1-3H3. The van der Waals surface area contributed by atoms with Gasteiger partial charge in [-0.1, -0.05) is 13.0 Å². The van der Waals surface area contributed by atoms with E-state index in [1.807, 2.05) is 24.3 Å². The number of nitrogens with zero attached hydrogens (tertiary/aromatic N) is 1. The molecule has 1 N–H and O–H groups in total. The van der Waals surface area contributed by atoms with Crippen molar-refractivity contribution in [3.05, 3.63) is 51.5 Å². The van der Waals surface area contributed by atoms with Gasteiger partial charge in [-0.15, -0.1) is 11.3 Å². The maximum absolute atomic E-state index is 4.66. The van der Waals surface area contributed by atoms with Crippen molar-refractivity contribution in [2.75, 3.05) is 6.54 Å². The van der Waals surface area contributed by atoms with Crippen LogP contribution in [0.15, 0.2) is 30.3 Å². The van der Waals surface area contributed by atoms with Crippen molar-refractivity contribution in [3.8, 4) is 0 Å². The molecule has 2 heterocycles. The summed E-state index contributed by atoms with van der Waals surface area (Å²) in [5.74, 6) is 0. The van der Waals surface area contributed by atoms with Gasteiger partial charge in [-0.25, -0.2) is 0 Å². The number of hydrogen-bond donors (Lipinski definition) is 1. The molecule has 1 unspecified atom stereocenters. The van der Waals surface area contributed by atoms with Gasteiger partial charge < -0.3 is 5.32 Å². The zero-order valence-corrected chi connectivity index (χ0v) is 12.1. The lowest BCUT2D eigenvalue weighted by atomic mass is 10.1. The molecule has 0 spiro atoms. The molecule has 2 nitrogen and oxygen atoms in total. The number of aryl methyl sites for hydroxylation is 2. The summed E-state index contributed by atoms with van der Waals surface area (Å²) in [6, 6.07) is 10.8. The van der Waals surface area contributed by atoms with Crippen LogP contribution in [0.2, 0.25) is 0 Å². The van der Waals surface area contributed by atoms with E-state index in [1.54, 1.807) is 0 Å². The summed E-state index contributed by atoms with van der Waals surface area (Å²) in [5.41, 5.74) is 2.19. The summed E-state index contributed by atoms with van der Waals surface area (Å²) < 4.78 is 0. The fraction of sp³-hybridized carbons (Fsp3) is 0.400. The predicted molar refractivity (Wildman–Crippen MR) is 78.2 cm³/mol. The number of thiophene rings is 1. The second-order valence-electron chi connectivity index (χ2n) is 4.54. The minimum atomic E-state index is 0.226. The molecular formula is C15H20N2S. The summed E-state index contributed by atoms with van der Waals surface area (Å²) >= 11 is 1.84. The summed E-state index contributed by atoms with van der Waals surface area (Å²) in [6.07, 6.45) is 1.13. The van der Waals surface area contributed by atoms with Crippen LogP contribution < -0.4 is 5.32 Å². The molecule has 2 aromatic rings. The van der Waals surface area contributed by atoms with Crippen LogP contribution in [0.25, 0.3) is 0 Å². The fourth-order valence-corrected chi connectivity index (χ4v) is 2.94. The molecule has 0 aliphatic rings. The van der Waals surface area contributed by atoms with Crippen molar-refractivity contribution < 1.29 is 0 Å². The van der Waals surface area contributed by atoms with E-state index < -0.39 is 0 Å². The van der Waals surface area contributed by atoms with Crippen molar-refractivity contribution >= 4 is 11.3 Å². The second kappa shape index (κ2) is 6.12. The highest BCUT2D eigenvalue weighted by atomic mass is 32.1. The van der Waals surface area contributed by atoms with E-state index in [4.69, 9.17) is 0 Å². The Labute approximate surface area is 113 Å². The molecule has 0 aliphatic carbocycles. The average molecular weight is 260 g/mol. The van der Waals surface area contributed by atoms with Crippen LogP contribution in [-0.2, 0) is 0 Å². The molecule has 0 aliphatic heterocycles. The van der Waals surface area contributed by atoms with Crippen molar-refractivity contribution in [1.29, 1.82) is 0 Å². The third kappa shape index (κ3) is 3.18. The zero-order valence-electron chi connectivity index (χ0n) is 11.2. The number of rotatable bonds is 5. The van der Waals surface area contributed by atoms with Crippen LogP contribution in [-0.4, -0.2) is 11.5 Å². The lowest BCUT2D eigenvalue weighted by Gasteiger charge is -2.17. The number of nitrogens with one attached hydrogen (secondary N) is 1.